The van der Waals surface area contributed by atoms with Gasteiger partial charge in [-0.25, -0.2) is 4.39 Å². The Morgan fingerprint density at radius 3 is 2.58 bits per heavy atom. The summed E-state index contributed by atoms with van der Waals surface area (Å²) in [6.45, 7) is 0.315. The SMILES string of the molecule is O=CCC(CNC(=O)c1cc(Br)cc(CI)c1)c1ccc(F)cc1. The standard InChI is InChI=1S/C18H16BrFINO2/c19-16-8-12(10-21)7-15(9-16)18(24)22-11-14(5-6-23)13-1-3-17(20)4-2-13/h1-4,6-9,14H,5,10-11H2,(H,22,24). The molecule has 0 bridgehead atoms. The third kappa shape index (κ3) is 5.37. The number of hydrogen-bond donors (Lipinski definition) is 1. The number of aldehydes is 1. The Balaban J connectivity index is 2.08. The number of nitrogens with one attached hydrogen (secondary N) is 1. The maximum absolute atomic E-state index is 13.0. The van der Waals surface area contributed by atoms with Crippen molar-refractivity contribution in [2.45, 2.75) is 16.8 Å². The van der Waals surface area contributed by atoms with E-state index in [4.69, 9.17) is 0 Å². The summed E-state index contributed by atoms with van der Waals surface area (Å²) < 4.78 is 14.7. The molecule has 2 rings (SSSR count). The summed E-state index contributed by atoms with van der Waals surface area (Å²) in [5.74, 6) is -0.697. The summed E-state index contributed by atoms with van der Waals surface area (Å²) in [6.07, 6.45) is 1.08. The smallest absolute Gasteiger partial charge is 0.251 e. The van der Waals surface area contributed by atoms with Crippen LogP contribution in [-0.2, 0) is 9.22 Å². The van der Waals surface area contributed by atoms with Crippen molar-refractivity contribution in [2.24, 2.45) is 0 Å². The van der Waals surface area contributed by atoms with Crippen LogP contribution in [0.2, 0.25) is 0 Å². The lowest BCUT2D eigenvalue weighted by molar-refractivity contribution is -0.108. The van der Waals surface area contributed by atoms with Gasteiger partial charge in [0.2, 0.25) is 0 Å². The molecular weight excluding hydrogens is 488 g/mol. The highest BCUT2D eigenvalue weighted by Gasteiger charge is 2.14. The zero-order valence-corrected chi connectivity index (χ0v) is 16.5. The van der Waals surface area contributed by atoms with E-state index in [0.717, 1.165) is 26.3 Å². The molecule has 0 radical (unpaired) electrons. The Kier molecular flexibility index (Phi) is 7.36. The van der Waals surface area contributed by atoms with Crippen molar-refractivity contribution in [2.75, 3.05) is 6.54 Å². The number of benzene rings is 2. The number of carbonyl (C=O) groups excluding carboxylic acids is 2. The molecule has 1 amide bonds. The average Bonchev–Trinajstić information content (AvgIpc) is 2.58. The van der Waals surface area contributed by atoms with Crippen LogP contribution in [0.4, 0.5) is 4.39 Å². The molecule has 24 heavy (non-hydrogen) atoms. The average molecular weight is 504 g/mol. The summed E-state index contributed by atoms with van der Waals surface area (Å²) in [7, 11) is 0. The molecule has 3 nitrogen and oxygen atoms in total. The number of alkyl halides is 1. The van der Waals surface area contributed by atoms with Crippen molar-refractivity contribution in [3.63, 3.8) is 0 Å². The molecule has 6 heteroatoms. The van der Waals surface area contributed by atoms with Crippen LogP contribution < -0.4 is 5.32 Å². The van der Waals surface area contributed by atoms with Crippen molar-refractivity contribution in [3.8, 4) is 0 Å². The van der Waals surface area contributed by atoms with Gasteiger partial charge in [0, 0.05) is 33.3 Å². The van der Waals surface area contributed by atoms with Gasteiger partial charge < -0.3 is 10.1 Å². The van der Waals surface area contributed by atoms with Crippen LogP contribution in [-0.4, -0.2) is 18.7 Å². The van der Waals surface area contributed by atoms with Gasteiger partial charge in [-0.05, 0) is 41.5 Å². The van der Waals surface area contributed by atoms with Gasteiger partial charge >= 0.3 is 0 Å². The normalized spacial score (nSPS) is 11.8. The van der Waals surface area contributed by atoms with E-state index in [-0.39, 0.29) is 24.1 Å². The van der Waals surface area contributed by atoms with E-state index in [1.807, 2.05) is 12.1 Å². The van der Waals surface area contributed by atoms with Crippen LogP contribution in [0.25, 0.3) is 0 Å². The first-order valence-corrected chi connectivity index (χ1v) is 9.68. The van der Waals surface area contributed by atoms with E-state index in [2.05, 4.69) is 43.8 Å². The summed E-state index contributed by atoms with van der Waals surface area (Å²) in [5.41, 5.74) is 2.45. The first kappa shape index (κ1) is 19.1. The minimum absolute atomic E-state index is 0.178. The minimum Gasteiger partial charge on any atom is -0.351 e. The van der Waals surface area contributed by atoms with E-state index in [0.29, 0.717) is 12.1 Å². The maximum Gasteiger partial charge on any atom is 0.251 e. The number of halogens is 3. The zero-order valence-electron chi connectivity index (χ0n) is 12.8. The quantitative estimate of drug-likeness (QED) is 0.340. The zero-order chi connectivity index (χ0) is 17.5. The predicted molar refractivity (Wildman–Crippen MR) is 104 cm³/mol. The number of carbonyl (C=O) groups is 2. The van der Waals surface area contributed by atoms with E-state index >= 15 is 0 Å². The molecule has 2 aromatic rings. The highest BCUT2D eigenvalue weighted by atomic mass is 127. The molecule has 0 aliphatic heterocycles. The molecule has 1 unspecified atom stereocenters. The fraction of sp³-hybridized carbons (Fsp3) is 0.222. The maximum atomic E-state index is 13.0. The highest BCUT2D eigenvalue weighted by molar-refractivity contribution is 14.1. The third-order valence-corrected chi connectivity index (χ3v) is 4.94. The second kappa shape index (κ2) is 9.27. The number of rotatable bonds is 7. The van der Waals surface area contributed by atoms with Crippen molar-refractivity contribution in [1.82, 2.24) is 5.32 Å². The first-order valence-electron chi connectivity index (χ1n) is 7.36. The fourth-order valence-electron chi connectivity index (χ4n) is 2.36. The van der Waals surface area contributed by atoms with Crippen LogP contribution in [0.3, 0.4) is 0 Å². The van der Waals surface area contributed by atoms with E-state index in [9.17, 15) is 14.0 Å². The highest BCUT2D eigenvalue weighted by Crippen LogP contribution is 2.20. The van der Waals surface area contributed by atoms with Crippen molar-refractivity contribution in [1.29, 1.82) is 0 Å². The predicted octanol–water partition coefficient (Wildman–Crippen LogP) is 4.63. The second-order valence-corrected chi connectivity index (χ2v) is 7.02. The summed E-state index contributed by atoms with van der Waals surface area (Å²) in [6, 6.07) is 11.6. The number of hydrogen-bond acceptors (Lipinski definition) is 2. The van der Waals surface area contributed by atoms with Gasteiger partial charge in [0.25, 0.3) is 5.91 Å². The molecule has 0 spiro atoms. The molecule has 1 atom stereocenters. The fourth-order valence-corrected chi connectivity index (χ4v) is 3.35. The lowest BCUT2D eigenvalue weighted by Gasteiger charge is -2.16. The summed E-state index contributed by atoms with van der Waals surface area (Å²) in [5, 5.41) is 2.86. The third-order valence-electron chi connectivity index (χ3n) is 3.61. The van der Waals surface area contributed by atoms with Crippen LogP contribution in [0, 0.1) is 5.82 Å². The summed E-state index contributed by atoms with van der Waals surface area (Å²) >= 11 is 5.65. The monoisotopic (exact) mass is 503 g/mol. The van der Waals surface area contributed by atoms with Gasteiger partial charge in [0.1, 0.15) is 12.1 Å². The molecular formula is C18H16BrFINO2. The van der Waals surface area contributed by atoms with Gasteiger partial charge in [-0.2, -0.15) is 0 Å². The van der Waals surface area contributed by atoms with Crippen LogP contribution in [0.1, 0.15) is 33.8 Å². The van der Waals surface area contributed by atoms with Gasteiger partial charge in [0.15, 0.2) is 0 Å². The molecule has 0 aliphatic rings. The lowest BCUT2D eigenvalue weighted by Crippen LogP contribution is -2.28. The van der Waals surface area contributed by atoms with E-state index in [1.54, 1.807) is 18.2 Å². The minimum atomic E-state index is -0.326. The Morgan fingerprint density at radius 1 is 1.25 bits per heavy atom. The van der Waals surface area contributed by atoms with Gasteiger partial charge in [-0.15, -0.1) is 0 Å². The van der Waals surface area contributed by atoms with E-state index < -0.39 is 0 Å². The molecule has 1 N–H and O–H groups in total. The summed E-state index contributed by atoms with van der Waals surface area (Å²) in [4.78, 5) is 23.3. The van der Waals surface area contributed by atoms with Crippen molar-refractivity contribution < 1.29 is 14.0 Å². The van der Waals surface area contributed by atoms with Gasteiger partial charge in [-0.3, -0.25) is 4.79 Å². The second-order valence-electron chi connectivity index (χ2n) is 5.34. The molecule has 0 fully saturated rings. The Morgan fingerprint density at radius 2 is 1.96 bits per heavy atom. The Bertz CT molecular complexity index is 721. The van der Waals surface area contributed by atoms with Gasteiger partial charge in [0.05, 0.1) is 0 Å². The largest absolute Gasteiger partial charge is 0.351 e. The molecule has 126 valence electrons. The topological polar surface area (TPSA) is 46.2 Å². The van der Waals surface area contributed by atoms with Crippen LogP contribution >= 0.6 is 38.5 Å². The number of amides is 1. The van der Waals surface area contributed by atoms with Crippen molar-refractivity contribution >= 4 is 50.7 Å². The Hall–Kier alpha value is -1.28. The molecule has 2 aromatic carbocycles. The van der Waals surface area contributed by atoms with Crippen LogP contribution in [0.5, 0.6) is 0 Å². The molecule has 0 heterocycles. The Labute approximate surface area is 162 Å². The van der Waals surface area contributed by atoms with Crippen LogP contribution in [0.15, 0.2) is 46.9 Å². The van der Waals surface area contributed by atoms with E-state index in [1.165, 1.54) is 12.1 Å². The molecule has 0 saturated carbocycles. The van der Waals surface area contributed by atoms with Gasteiger partial charge in [-0.1, -0.05) is 50.7 Å². The first-order chi connectivity index (χ1) is 11.5. The molecule has 0 saturated heterocycles. The molecule has 0 aromatic heterocycles. The van der Waals surface area contributed by atoms with Crippen molar-refractivity contribution in [3.05, 3.63) is 69.4 Å². The molecule has 0 aliphatic carbocycles. The lowest BCUT2D eigenvalue weighted by atomic mass is 9.96.